The smallest absolute Gasteiger partial charge is 0.253 e. The number of carbonyl (C=O) groups excluding carboxylic acids is 2. The number of anilines is 1. The van der Waals surface area contributed by atoms with Crippen LogP contribution in [0.15, 0.2) is 47.4 Å². The van der Waals surface area contributed by atoms with Crippen molar-refractivity contribution < 1.29 is 14.7 Å². The Morgan fingerprint density at radius 3 is 2.38 bits per heavy atom. The van der Waals surface area contributed by atoms with E-state index in [2.05, 4.69) is 10.2 Å². The third kappa shape index (κ3) is 5.52. The number of aliphatic hydroxyl groups excluding tert-OH is 1. The molecule has 1 aliphatic rings. The molecule has 8 heteroatoms. The molecule has 0 bridgehead atoms. The minimum absolute atomic E-state index is 0.0437. The summed E-state index contributed by atoms with van der Waals surface area (Å²) in [4.78, 5) is 40.6. The fourth-order valence-corrected chi connectivity index (χ4v) is 3.32. The fraction of sp³-hybridized carbons (Fsp3) is 0.381. The number of nitrogens with zero attached hydrogens (tertiary/aromatic N) is 3. The zero-order chi connectivity index (χ0) is 20.8. The molecule has 3 rings (SSSR count). The summed E-state index contributed by atoms with van der Waals surface area (Å²) >= 11 is 0. The Morgan fingerprint density at radius 1 is 1.03 bits per heavy atom. The van der Waals surface area contributed by atoms with Crippen molar-refractivity contribution in [2.24, 2.45) is 0 Å². The zero-order valence-corrected chi connectivity index (χ0v) is 16.5. The number of piperazine rings is 1. The molecule has 1 aromatic carbocycles. The first kappa shape index (κ1) is 20.8. The van der Waals surface area contributed by atoms with Crippen LogP contribution in [0, 0.1) is 6.92 Å². The van der Waals surface area contributed by atoms with E-state index in [9.17, 15) is 14.4 Å². The Balaban J connectivity index is 1.56. The fourth-order valence-electron chi connectivity index (χ4n) is 3.32. The highest BCUT2D eigenvalue weighted by atomic mass is 16.3. The second-order valence-electron chi connectivity index (χ2n) is 7.16. The molecule has 1 aliphatic heterocycles. The summed E-state index contributed by atoms with van der Waals surface area (Å²) < 4.78 is 1.36. The van der Waals surface area contributed by atoms with Gasteiger partial charge in [-0.2, -0.15) is 0 Å². The molecule has 2 heterocycles. The van der Waals surface area contributed by atoms with Crippen molar-refractivity contribution in [1.82, 2.24) is 14.4 Å². The van der Waals surface area contributed by atoms with Gasteiger partial charge in [-0.3, -0.25) is 19.3 Å². The Kier molecular flexibility index (Phi) is 6.79. The lowest BCUT2D eigenvalue weighted by Crippen LogP contribution is -2.49. The van der Waals surface area contributed by atoms with Gasteiger partial charge < -0.3 is 19.9 Å². The number of aromatic nitrogens is 1. The number of nitrogens with one attached hydrogen (secondary N) is 1. The van der Waals surface area contributed by atoms with Crippen molar-refractivity contribution in [2.75, 3.05) is 44.6 Å². The summed E-state index contributed by atoms with van der Waals surface area (Å²) in [7, 11) is 0. The average molecular weight is 398 g/mol. The highest BCUT2D eigenvalue weighted by Gasteiger charge is 2.21. The summed E-state index contributed by atoms with van der Waals surface area (Å²) in [5, 5.41) is 11.7. The highest BCUT2D eigenvalue weighted by molar-refractivity contribution is 5.95. The van der Waals surface area contributed by atoms with Crippen molar-refractivity contribution in [3.8, 4) is 0 Å². The number of aryl methyl sites for hydroxylation is 1. The van der Waals surface area contributed by atoms with Crippen LogP contribution in [0.4, 0.5) is 5.69 Å². The van der Waals surface area contributed by atoms with E-state index in [4.69, 9.17) is 5.11 Å². The topological polar surface area (TPSA) is 94.9 Å². The predicted octanol–water partition coefficient (Wildman–Crippen LogP) is 0.546. The molecule has 1 fully saturated rings. The van der Waals surface area contributed by atoms with Crippen molar-refractivity contribution in [3.05, 3.63) is 64.1 Å². The van der Waals surface area contributed by atoms with Crippen molar-refractivity contribution in [3.63, 3.8) is 0 Å². The first-order chi connectivity index (χ1) is 14.0. The van der Waals surface area contributed by atoms with Gasteiger partial charge in [0.25, 0.3) is 11.5 Å². The lowest BCUT2D eigenvalue weighted by Gasteiger charge is -2.34. The summed E-state index contributed by atoms with van der Waals surface area (Å²) in [6.45, 7) is 5.29. The van der Waals surface area contributed by atoms with E-state index in [1.807, 2.05) is 6.92 Å². The molecule has 0 spiro atoms. The Morgan fingerprint density at radius 2 is 1.72 bits per heavy atom. The van der Waals surface area contributed by atoms with Crippen LogP contribution < -0.4 is 10.9 Å². The minimum Gasteiger partial charge on any atom is -0.395 e. The van der Waals surface area contributed by atoms with Gasteiger partial charge in [-0.15, -0.1) is 0 Å². The molecule has 0 atom stereocenters. The Labute approximate surface area is 169 Å². The van der Waals surface area contributed by atoms with Crippen LogP contribution in [0.5, 0.6) is 0 Å². The molecule has 2 N–H and O–H groups in total. The van der Waals surface area contributed by atoms with Gasteiger partial charge in [0.1, 0.15) is 6.54 Å². The maximum atomic E-state index is 12.6. The van der Waals surface area contributed by atoms with Crippen molar-refractivity contribution >= 4 is 17.5 Å². The van der Waals surface area contributed by atoms with Gasteiger partial charge in [0.2, 0.25) is 5.91 Å². The van der Waals surface area contributed by atoms with Gasteiger partial charge in [-0.1, -0.05) is 6.07 Å². The Hall–Kier alpha value is -2.97. The number of hydrogen-bond donors (Lipinski definition) is 2. The normalized spacial score (nSPS) is 14.6. The number of hydrogen-bond acceptors (Lipinski definition) is 5. The lowest BCUT2D eigenvalue weighted by atomic mass is 10.1. The van der Waals surface area contributed by atoms with Crippen LogP contribution in [0.3, 0.4) is 0 Å². The highest BCUT2D eigenvalue weighted by Crippen LogP contribution is 2.13. The summed E-state index contributed by atoms with van der Waals surface area (Å²) in [6.07, 6.45) is 1.64. The monoisotopic (exact) mass is 398 g/mol. The molecular formula is C21H26N4O4. The number of amides is 2. The first-order valence-corrected chi connectivity index (χ1v) is 9.66. The van der Waals surface area contributed by atoms with Gasteiger partial charge in [0.15, 0.2) is 0 Å². The molecule has 1 aromatic heterocycles. The van der Waals surface area contributed by atoms with Gasteiger partial charge in [-0.25, -0.2) is 0 Å². The van der Waals surface area contributed by atoms with Crippen LogP contribution in [-0.4, -0.2) is 70.6 Å². The molecule has 0 radical (unpaired) electrons. The first-order valence-electron chi connectivity index (χ1n) is 9.66. The van der Waals surface area contributed by atoms with Crippen molar-refractivity contribution in [2.45, 2.75) is 13.5 Å². The quantitative estimate of drug-likeness (QED) is 0.741. The van der Waals surface area contributed by atoms with Crippen LogP contribution in [0.2, 0.25) is 0 Å². The molecule has 154 valence electrons. The second-order valence-corrected chi connectivity index (χ2v) is 7.16. The SMILES string of the molecule is Cc1ccc(=O)n(CC(=O)Nc2ccc(C(=O)N3CCN(CCO)CC3)cc2)c1. The molecule has 0 aliphatic carbocycles. The zero-order valence-electron chi connectivity index (χ0n) is 16.5. The van der Waals surface area contributed by atoms with Crippen LogP contribution in [0.25, 0.3) is 0 Å². The molecule has 29 heavy (non-hydrogen) atoms. The van der Waals surface area contributed by atoms with Gasteiger partial charge in [0.05, 0.1) is 6.61 Å². The lowest BCUT2D eigenvalue weighted by molar-refractivity contribution is -0.116. The van der Waals surface area contributed by atoms with Gasteiger partial charge in [-0.05, 0) is 36.8 Å². The third-order valence-corrected chi connectivity index (χ3v) is 4.94. The van der Waals surface area contributed by atoms with Crippen molar-refractivity contribution in [1.29, 1.82) is 0 Å². The van der Waals surface area contributed by atoms with E-state index in [1.54, 1.807) is 41.4 Å². The van der Waals surface area contributed by atoms with Crippen LogP contribution in [0.1, 0.15) is 15.9 Å². The van der Waals surface area contributed by atoms with E-state index in [-0.39, 0.29) is 30.5 Å². The molecule has 8 nitrogen and oxygen atoms in total. The summed E-state index contributed by atoms with van der Waals surface area (Å²) in [6, 6.07) is 9.90. The summed E-state index contributed by atoms with van der Waals surface area (Å²) in [5.74, 6) is -0.352. The number of pyridine rings is 1. The molecule has 0 saturated carbocycles. The maximum absolute atomic E-state index is 12.6. The molecule has 2 amide bonds. The standard InChI is InChI=1S/C21H26N4O4/c1-16-2-7-20(28)25(14-16)15-19(27)22-18-5-3-17(4-6-18)21(29)24-10-8-23(9-11-24)12-13-26/h2-7,14,26H,8-13,15H2,1H3,(H,22,27). The van der Waals surface area contributed by atoms with Crippen LogP contribution >= 0.6 is 0 Å². The molecule has 2 aromatic rings. The molecule has 1 saturated heterocycles. The predicted molar refractivity (Wildman–Crippen MR) is 110 cm³/mol. The number of benzene rings is 1. The number of carbonyl (C=O) groups is 2. The average Bonchev–Trinajstić information content (AvgIpc) is 2.71. The van der Waals surface area contributed by atoms with Gasteiger partial charge >= 0.3 is 0 Å². The number of β-amino-alcohol motifs (C(OH)–C–C–N with tert-alkyl or cyclic N) is 1. The number of aliphatic hydroxyl groups is 1. The minimum atomic E-state index is -0.309. The van der Waals surface area contributed by atoms with Gasteiger partial charge in [0, 0.05) is 56.2 Å². The Bertz CT molecular complexity index is 915. The molecule has 0 unspecified atom stereocenters. The van der Waals surface area contributed by atoms with E-state index in [1.165, 1.54) is 10.6 Å². The van der Waals surface area contributed by atoms with E-state index >= 15 is 0 Å². The van der Waals surface area contributed by atoms with Crippen LogP contribution in [-0.2, 0) is 11.3 Å². The van der Waals surface area contributed by atoms with E-state index < -0.39 is 0 Å². The summed E-state index contributed by atoms with van der Waals surface area (Å²) in [5.41, 5.74) is 1.80. The third-order valence-electron chi connectivity index (χ3n) is 4.94. The largest absolute Gasteiger partial charge is 0.395 e. The maximum Gasteiger partial charge on any atom is 0.253 e. The molecular weight excluding hydrogens is 372 g/mol. The van der Waals surface area contributed by atoms with E-state index in [0.717, 1.165) is 18.7 Å². The van der Waals surface area contributed by atoms with E-state index in [0.29, 0.717) is 30.9 Å². The second kappa shape index (κ2) is 9.49. The number of rotatable bonds is 6.